The van der Waals surface area contributed by atoms with Crippen molar-refractivity contribution < 1.29 is 14.3 Å². The van der Waals surface area contributed by atoms with Crippen molar-refractivity contribution >= 4 is 11.8 Å². The first-order valence-electron chi connectivity index (χ1n) is 4.84. The maximum Gasteiger partial charge on any atom is 0.248 e. The van der Waals surface area contributed by atoms with Crippen molar-refractivity contribution in [2.45, 2.75) is 19.3 Å². The van der Waals surface area contributed by atoms with Crippen molar-refractivity contribution in [1.82, 2.24) is 4.90 Å². The van der Waals surface area contributed by atoms with E-state index < -0.39 is 5.91 Å². The molecule has 14 heavy (non-hydrogen) atoms. The molecule has 0 aromatic rings. The van der Waals surface area contributed by atoms with Gasteiger partial charge in [-0.2, -0.15) is 0 Å². The Bertz CT molecular complexity index is 212. The van der Waals surface area contributed by atoms with Crippen molar-refractivity contribution in [3.05, 3.63) is 0 Å². The highest BCUT2D eigenvalue weighted by Gasteiger charge is 2.16. The molecule has 1 aliphatic heterocycles. The topological polar surface area (TPSA) is 72.6 Å². The molecule has 1 heterocycles. The van der Waals surface area contributed by atoms with E-state index in [0.29, 0.717) is 0 Å². The minimum absolute atomic E-state index is 0.0388. The molecule has 0 spiro atoms. The van der Waals surface area contributed by atoms with Crippen LogP contribution in [-0.2, 0) is 14.3 Å². The average Bonchev–Trinajstić information content (AvgIpc) is 2.18. The van der Waals surface area contributed by atoms with E-state index in [1.165, 1.54) is 6.42 Å². The summed E-state index contributed by atoms with van der Waals surface area (Å²) < 4.78 is 4.84. The van der Waals surface area contributed by atoms with Crippen LogP contribution in [0, 0.1) is 0 Å². The van der Waals surface area contributed by atoms with Crippen LogP contribution in [0.3, 0.4) is 0 Å². The first-order chi connectivity index (χ1) is 6.70. The van der Waals surface area contributed by atoms with Crippen molar-refractivity contribution in [2.75, 3.05) is 26.3 Å². The van der Waals surface area contributed by atoms with E-state index in [1.807, 2.05) is 0 Å². The van der Waals surface area contributed by atoms with Gasteiger partial charge >= 0.3 is 0 Å². The highest BCUT2D eigenvalue weighted by molar-refractivity contribution is 5.78. The maximum atomic E-state index is 11.4. The van der Waals surface area contributed by atoms with Gasteiger partial charge in [-0.1, -0.05) is 0 Å². The van der Waals surface area contributed by atoms with E-state index in [4.69, 9.17) is 10.5 Å². The molecule has 1 fully saturated rings. The second-order valence-electron chi connectivity index (χ2n) is 3.40. The number of carbonyl (C=O) groups is 2. The summed E-state index contributed by atoms with van der Waals surface area (Å²) in [4.78, 5) is 23.5. The molecule has 2 N–H and O–H groups in total. The predicted octanol–water partition coefficient (Wildman–Crippen LogP) is -0.499. The molecule has 80 valence electrons. The van der Waals surface area contributed by atoms with E-state index in [9.17, 15) is 9.59 Å². The normalized spacial score (nSPS) is 16.7. The van der Waals surface area contributed by atoms with Crippen LogP contribution in [0.5, 0.6) is 0 Å². The van der Waals surface area contributed by atoms with E-state index in [-0.39, 0.29) is 19.1 Å². The number of piperidine rings is 1. The molecule has 0 atom stereocenters. The maximum absolute atomic E-state index is 11.4. The third-order valence-corrected chi connectivity index (χ3v) is 2.18. The van der Waals surface area contributed by atoms with Crippen LogP contribution in [0.1, 0.15) is 19.3 Å². The highest BCUT2D eigenvalue weighted by atomic mass is 16.5. The van der Waals surface area contributed by atoms with Gasteiger partial charge in [0.25, 0.3) is 0 Å². The summed E-state index contributed by atoms with van der Waals surface area (Å²) >= 11 is 0. The SMILES string of the molecule is NC(=O)COCC(=O)N1CCCCC1. The monoisotopic (exact) mass is 200 g/mol. The lowest BCUT2D eigenvalue weighted by Gasteiger charge is -2.26. The number of likely N-dealkylation sites (tertiary alicyclic amines) is 1. The summed E-state index contributed by atoms with van der Waals surface area (Å²) in [6, 6.07) is 0. The number of rotatable bonds is 4. The lowest BCUT2D eigenvalue weighted by molar-refractivity contribution is -0.138. The van der Waals surface area contributed by atoms with Gasteiger partial charge in [0, 0.05) is 13.1 Å². The summed E-state index contributed by atoms with van der Waals surface area (Å²) in [6.07, 6.45) is 3.30. The number of primary amides is 1. The third-order valence-electron chi connectivity index (χ3n) is 2.18. The smallest absolute Gasteiger partial charge is 0.248 e. The Morgan fingerprint density at radius 2 is 1.79 bits per heavy atom. The van der Waals surface area contributed by atoms with E-state index >= 15 is 0 Å². The minimum atomic E-state index is -0.545. The summed E-state index contributed by atoms with van der Waals surface area (Å²) in [5.41, 5.74) is 4.87. The summed E-state index contributed by atoms with van der Waals surface area (Å²) in [6.45, 7) is 1.39. The summed E-state index contributed by atoms with van der Waals surface area (Å²) in [7, 11) is 0. The van der Waals surface area contributed by atoms with E-state index in [2.05, 4.69) is 0 Å². The molecular formula is C9H16N2O3. The Labute approximate surface area is 83.2 Å². The lowest BCUT2D eigenvalue weighted by Crippen LogP contribution is -2.38. The molecule has 0 saturated carbocycles. The van der Waals surface area contributed by atoms with Crippen LogP contribution in [0.15, 0.2) is 0 Å². The van der Waals surface area contributed by atoms with Crippen LogP contribution < -0.4 is 5.73 Å². The average molecular weight is 200 g/mol. The molecule has 0 aliphatic carbocycles. The van der Waals surface area contributed by atoms with Gasteiger partial charge in [-0.25, -0.2) is 0 Å². The number of amides is 2. The second kappa shape index (κ2) is 5.59. The van der Waals surface area contributed by atoms with Crippen molar-refractivity contribution in [3.8, 4) is 0 Å². The molecule has 2 amide bonds. The highest BCUT2D eigenvalue weighted by Crippen LogP contribution is 2.08. The standard InChI is InChI=1S/C9H16N2O3/c10-8(12)6-14-7-9(13)11-4-2-1-3-5-11/h1-7H2,(H2,10,12). The van der Waals surface area contributed by atoms with E-state index in [1.54, 1.807) is 4.90 Å². The molecule has 0 aromatic carbocycles. The van der Waals surface area contributed by atoms with Gasteiger partial charge in [0.2, 0.25) is 11.8 Å². The summed E-state index contributed by atoms with van der Waals surface area (Å²) in [5.74, 6) is -0.595. The van der Waals surface area contributed by atoms with Crippen LogP contribution in [0.2, 0.25) is 0 Å². The first-order valence-corrected chi connectivity index (χ1v) is 4.84. The van der Waals surface area contributed by atoms with Crippen LogP contribution >= 0.6 is 0 Å². The quantitative estimate of drug-likeness (QED) is 0.665. The van der Waals surface area contributed by atoms with E-state index in [0.717, 1.165) is 25.9 Å². The molecule has 5 heteroatoms. The van der Waals surface area contributed by atoms with Crippen molar-refractivity contribution in [1.29, 1.82) is 0 Å². The Kier molecular flexibility index (Phi) is 4.39. The fourth-order valence-electron chi connectivity index (χ4n) is 1.47. The molecule has 0 bridgehead atoms. The molecule has 5 nitrogen and oxygen atoms in total. The Morgan fingerprint density at radius 3 is 2.36 bits per heavy atom. The summed E-state index contributed by atoms with van der Waals surface area (Å²) in [5, 5.41) is 0. The fourth-order valence-corrected chi connectivity index (χ4v) is 1.47. The van der Waals surface area contributed by atoms with Gasteiger partial charge < -0.3 is 15.4 Å². The Morgan fingerprint density at radius 1 is 1.14 bits per heavy atom. The number of nitrogens with two attached hydrogens (primary N) is 1. The zero-order valence-electron chi connectivity index (χ0n) is 8.20. The molecule has 0 unspecified atom stereocenters. The van der Waals surface area contributed by atoms with Gasteiger partial charge in [0.05, 0.1) is 0 Å². The van der Waals surface area contributed by atoms with Gasteiger partial charge in [-0.3, -0.25) is 9.59 Å². The molecule has 1 rings (SSSR count). The van der Waals surface area contributed by atoms with Crippen LogP contribution in [-0.4, -0.2) is 43.0 Å². The Hall–Kier alpha value is -1.10. The largest absolute Gasteiger partial charge is 0.368 e. The first kappa shape index (κ1) is 11.0. The van der Waals surface area contributed by atoms with Gasteiger partial charge in [-0.05, 0) is 19.3 Å². The van der Waals surface area contributed by atoms with Gasteiger partial charge in [-0.15, -0.1) is 0 Å². The molecule has 1 aliphatic rings. The zero-order chi connectivity index (χ0) is 10.4. The molecule has 1 saturated heterocycles. The van der Waals surface area contributed by atoms with Crippen LogP contribution in [0.4, 0.5) is 0 Å². The zero-order valence-corrected chi connectivity index (χ0v) is 8.20. The Balaban J connectivity index is 2.16. The number of carbonyl (C=O) groups excluding carboxylic acids is 2. The van der Waals surface area contributed by atoms with Crippen molar-refractivity contribution in [2.24, 2.45) is 5.73 Å². The molecular weight excluding hydrogens is 184 g/mol. The second-order valence-corrected chi connectivity index (χ2v) is 3.40. The predicted molar refractivity (Wildman–Crippen MR) is 50.4 cm³/mol. The number of nitrogens with zero attached hydrogens (tertiary/aromatic N) is 1. The molecule has 0 aromatic heterocycles. The van der Waals surface area contributed by atoms with Gasteiger partial charge in [0.15, 0.2) is 0 Å². The fraction of sp³-hybridized carbons (Fsp3) is 0.778. The van der Waals surface area contributed by atoms with Crippen molar-refractivity contribution in [3.63, 3.8) is 0 Å². The van der Waals surface area contributed by atoms with Gasteiger partial charge in [0.1, 0.15) is 13.2 Å². The minimum Gasteiger partial charge on any atom is -0.368 e. The lowest BCUT2D eigenvalue weighted by atomic mass is 10.1. The van der Waals surface area contributed by atoms with Crippen LogP contribution in [0.25, 0.3) is 0 Å². The number of ether oxygens (including phenoxy) is 1. The molecule has 0 radical (unpaired) electrons. The number of hydrogen-bond donors (Lipinski definition) is 1. The third kappa shape index (κ3) is 3.74. The number of hydrogen-bond acceptors (Lipinski definition) is 3.